The Morgan fingerprint density at radius 2 is 1.95 bits per heavy atom. The summed E-state index contributed by atoms with van der Waals surface area (Å²) < 4.78 is 13.1. The maximum atomic E-state index is 12.1. The van der Waals surface area contributed by atoms with Crippen LogP contribution < -0.4 is 5.32 Å². The number of benzene rings is 1. The van der Waals surface area contributed by atoms with Crippen molar-refractivity contribution in [3.8, 4) is 0 Å². The minimum Gasteiger partial charge on any atom is -0.314 e. The predicted molar refractivity (Wildman–Crippen MR) is 87.0 cm³/mol. The molecule has 0 bridgehead atoms. The Balaban J connectivity index is 2.31. The van der Waals surface area contributed by atoms with Gasteiger partial charge in [0.25, 0.3) is 0 Å². The molecule has 108 valence electrons. The van der Waals surface area contributed by atoms with Crippen LogP contribution in [0.4, 0.5) is 0 Å². The zero-order valence-electron chi connectivity index (χ0n) is 11.8. The first-order chi connectivity index (χ1) is 9.17. The van der Waals surface area contributed by atoms with E-state index in [2.05, 4.69) is 35.1 Å². The first kappa shape index (κ1) is 16.9. The zero-order valence-corrected chi connectivity index (χ0v) is 14.2. The van der Waals surface area contributed by atoms with Crippen LogP contribution in [-0.4, -0.2) is 22.5 Å². The number of halogens is 1. The molecule has 2 atom stereocenters. The SMILES string of the molecule is CCCNC(CC)CCCS(=O)c1ccc(Br)cc1. The zero-order chi connectivity index (χ0) is 14.1. The van der Waals surface area contributed by atoms with Gasteiger partial charge in [-0.2, -0.15) is 0 Å². The summed E-state index contributed by atoms with van der Waals surface area (Å²) in [5.74, 6) is 0.756. The molecular weight excluding hydrogens is 322 g/mol. The van der Waals surface area contributed by atoms with Gasteiger partial charge < -0.3 is 5.32 Å². The van der Waals surface area contributed by atoms with E-state index in [1.165, 1.54) is 6.42 Å². The molecule has 0 radical (unpaired) electrons. The molecule has 0 spiro atoms. The van der Waals surface area contributed by atoms with Crippen LogP contribution in [0.15, 0.2) is 33.6 Å². The van der Waals surface area contributed by atoms with Gasteiger partial charge in [-0.15, -0.1) is 0 Å². The lowest BCUT2D eigenvalue weighted by atomic mass is 10.1. The van der Waals surface area contributed by atoms with Crippen LogP contribution >= 0.6 is 15.9 Å². The summed E-state index contributed by atoms with van der Waals surface area (Å²) in [6.45, 7) is 5.47. The van der Waals surface area contributed by atoms with Gasteiger partial charge in [-0.25, -0.2) is 0 Å². The molecule has 2 unspecified atom stereocenters. The summed E-state index contributed by atoms with van der Waals surface area (Å²) >= 11 is 3.39. The molecule has 0 saturated carbocycles. The predicted octanol–water partition coefficient (Wildman–Crippen LogP) is 4.12. The fourth-order valence-electron chi connectivity index (χ4n) is 1.96. The monoisotopic (exact) mass is 345 g/mol. The molecule has 1 N–H and O–H groups in total. The first-order valence-corrected chi connectivity index (χ1v) is 9.15. The third kappa shape index (κ3) is 6.68. The van der Waals surface area contributed by atoms with Crippen molar-refractivity contribution in [3.05, 3.63) is 28.7 Å². The summed E-state index contributed by atoms with van der Waals surface area (Å²) in [5.41, 5.74) is 0. The molecule has 0 heterocycles. The minimum absolute atomic E-state index is 0.571. The van der Waals surface area contributed by atoms with Crippen LogP contribution in [-0.2, 0) is 10.8 Å². The van der Waals surface area contributed by atoms with E-state index in [-0.39, 0.29) is 0 Å². The number of rotatable bonds is 9. The van der Waals surface area contributed by atoms with E-state index >= 15 is 0 Å². The lowest BCUT2D eigenvalue weighted by molar-refractivity contribution is 0.464. The van der Waals surface area contributed by atoms with Gasteiger partial charge in [0.1, 0.15) is 0 Å². The molecule has 1 rings (SSSR count). The number of hydrogen-bond donors (Lipinski definition) is 1. The van der Waals surface area contributed by atoms with Crippen LogP contribution in [0.25, 0.3) is 0 Å². The average molecular weight is 346 g/mol. The van der Waals surface area contributed by atoms with Crippen molar-refractivity contribution in [1.29, 1.82) is 0 Å². The normalized spacial score (nSPS) is 14.3. The van der Waals surface area contributed by atoms with E-state index < -0.39 is 10.8 Å². The molecule has 19 heavy (non-hydrogen) atoms. The Morgan fingerprint density at radius 1 is 1.26 bits per heavy atom. The smallest absolute Gasteiger partial charge is 0.0529 e. The lowest BCUT2D eigenvalue weighted by Gasteiger charge is -2.16. The molecule has 2 nitrogen and oxygen atoms in total. The molecule has 0 aliphatic carbocycles. The topological polar surface area (TPSA) is 29.1 Å². The summed E-state index contributed by atoms with van der Waals surface area (Å²) in [6.07, 6.45) is 4.43. The summed E-state index contributed by atoms with van der Waals surface area (Å²) in [5, 5.41) is 3.53. The van der Waals surface area contributed by atoms with E-state index in [0.29, 0.717) is 6.04 Å². The Kier molecular flexibility index (Phi) is 8.58. The molecule has 0 fully saturated rings. The van der Waals surface area contributed by atoms with Crippen LogP contribution in [0.3, 0.4) is 0 Å². The highest BCUT2D eigenvalue weighted by atomic mass is 79.9. The third-order valence-electron chi connectivity index (χ3n) is 3.13. The fraction of sp³-hybridized carbons (Fsp3) is 0.600. The molecule has 0 aliphatic rings. The highest BCUT2D eigenvalue weighted by Crippen LogP contribution is 2.14. The van der Waals surface area contributed by atoms with Crippen molar-refractivity contribution in [2.75, 3.05) is 12.3 Å². The van der Waals surface area contributed by atoms with Crippen molar-refractivity contribution in [3.63, 3.8) is 0 Å². The van der Waals surface area contributed by atoms with Crippen LogP contribution in [0.1, 0.15) is 39.5 Å². The average Bonchev–Trinajstić information content (AvgIpc) is 2.43. The van der Waals surface area contributed by atoms with Crippen molar-refractivity contribution in [2.24, 2.45) is 0 Å². The largest absolute Gasteiger partial charge is 0.314 e. The van der Waals surface area contributed by atoms with Crippen molar-refractivity contribution < 1.29 is 4.21 Å². The molecular formula is C15H24BrNOS. The van der Waals surface area contributed by atoms with E-state index in [4.69, 9.17) is 0 Å². The van der Waals surface area contributed by atoms with Gasteiger partial charge >= 0.3 is 0 Å². The van der Waals surface area contributed by atoms with E-state index in [9.17, 15) is 4.21 Å². The van der Waals surface area contributed by atoms with Gasteiger partial charge in [-0.3, -0.25) is 4.21 Å². The van der Waals surface area contributed by atoms with Crippen molar-refractivity contribution in [1.82, 2.24) is 5.32 Å². The highest BCUT2D eigenvalue weighted by Gasteiger charge is 2.07. The maximum absolute atomic E-state index is 12.1. The Morgan fingerprint density at radius 3 is 2.53 bits per heavy atom. The Bertz CT molecular complexity index is 380. The summed E-state index contributed by atoms with van der Waals surface area (Å²) in [7, 11) is -0.864. The van der Waals surface area contributed by atoms with Gasteiger partial charge in [0, 0.05) is 21.2 Å². The molecule has 1 aromatic carbocycles. The quantitative estimate of drug-likeness (QED) is 0.729. The number of nitrogens with one attached hydrogen (secondary N) is 1. The maximum Gasteiger partial charge on any atom is 0.0529 e. The molecule has 0 amide bonds. The molecule has 0 saturated heterocycles. The second-order valence-corrected chi connectivity index (χ2v) is 7.19. The van der Waals surface area contributed by atoms with Crippen LogP contribution in [0, 0.1) is 0 Å². The van der Waals surface area contributed by atoms with Crippen LogP contribution in [0.5, 0.6) is 0 Å². The summed E-state index contributed by atoms with van der Waals surface area (Å²) in [6, 6.07) is 8.34. The highest BCUT2D eigenvalue weighted by molar-refractivity contribution is 9.10. The van der Waals surface area contributed by atoms with E-state index in [1.54, 1.807) is 0 Å². The Labute approximate surface area is 128 Å². The lowest BCUT2D eigenvalue weighted by Crippen LogP contribution is -2.29. The van der Waals surface area contributed by atoms with Crippen molar-refractivity contribution >= 4 is 26.7 Å². The fourth-order valence-corrected chi connectivity index (χ4v) is 3.33. The number of hydrogen-bond acceptors (Lipinski definition) is 2. The van der Waals surface area contributed by atoms with E-state index in [1.807, 2.05) is 24.3 Å². The third-order valence-corrected chi connectivity index (χ3v) is 5.12. The van der Waals surface area contributed by atoms with Crippen molar-refractivity contribution in [2.45, 2.75) is 50.5 Å². The minimum atomic E-state index is -0.864. The Hall–Kier alpha value is -0.190. The van der Waals surface area contributed by atoms with E-state index in [0.717, 1.165) is 40.9 Å². The second-order valence-electron chi connectivity index (χ2n) is 4.71. The molecule has 1 aromatic rings. The van der Waals surface area contributed by atoms with Gasteiger partial charge in [-0.1, -0.05) is 29.8 Å². The second kappa shape index (κ2) is 9.67. The van der Waals surface area contributed by atoms with Gasteiger partial charge in [0.15, 0.2) is 0 Å². The summed E-state index contributed by atoms with van der Waals surface area (Å²) in [4.78, 5) is 0.928. The molecule has 0 aliphatic heterocycles. The van der Waals surface area contributed by atoms with Gasteiger partial charge in [0.05, 0.1) is 10.8 Å². The standard InChI is InChI=1S/C15H24BrNOS/c1-3-11-17-14(4-2)6-5-12-19(18)15-9-7-13(16)8-10-15/h7-10,14,17H,3-6,11-12H2,1-2H3. The molecule has 4 heteroatoms. The van der Waals surface area contributed by atoms with Gasteiger partial charge in [0.2, 0.25) is 0 Å². The molecule has 0 aromatic heterocycles. The first-order valence-electron chi connectivity index (χ1n) is 7.04. The van der Waals surface area contributed by atoms with Gasteiger partial charge in [-0.05, 0) is 56.5 Å². The van der Waals surface area contributed by atoms with Crippen LogP contribution in [0.2, 0.25) is 0 Å².